The molecule has 1 unspecified atom stereocenters. The molecular weight excluding hydrogens is 261 g/mol. The molecule has 5 heteroatoms. The number of halogens is 1. The molecule has 20 heavy (non-hydrogen) atoms. The monoisotopic (exact) mass is 281 g/mol. The number of aliphatic carboxylic acids is 1. The lowest BCUT2D eigenvalue weighted by molar-refractivity contribution is -0.138. The van der Waals surface area contributed by atoms with Crippen LogP contribution in [-0.2, 0) is 4.79 Å². The van der Waals surface area contributed by atoms with Gasteiger partial charge >= 0.3 is 5.97 Å². The van der Waals surface area contributed by atoms with Crippen LogP contribution in [0, 0.1) is 18.2 Å². The molecule has 1 aromatic rings. The van der Waals surface area contributed by atoms with Crippen molar-refractivity contribution >= 4 is 11.9 Å². The zero-order chi connectivity index (χ0) is 15.5. The Morgan fingerprint density at radius 3 is 2.35 bits per heavy atom. The first-order valence-corrected chi connectivity index (χ1v) is 6.39. The van der Waals surface area contributed by atoms with E-state index in [1.54, 1.807) is 13.0 Å². The predicted octanol–water partition coefficient (Wildman–Crippen LogP) is 2.75. The Morgan fingerprint density at radius 2 is 1.90 bits per heavy atom. The van der Waals surface area contributed by atoms with Crippen LogP contribution < -0.4 is 5.32 Å². The Bertz CT molecular complexity index is 500. The highest BCUT2D eigenvalue weighted by atomic mass is 19.1. The Kier molecular flexibility index (Phi) is 4.87. The van der Waals surface area contributed by atoms with Crippen molar-refractivity contribution in [2.45, 2.75) is 40.2 Å². The molecule has 1 rings (SSSR count). The summed E-state index contributed by atoms with van der Waals surface area (Å²) in [6, 6.07) is 3.51. The number of carbonyl (C=O) groups excluding carboxylic acids is 1. The van der Waals surface area contributed by atoms with Gasteiger partial charge in [-0.1, -0.05) is 20.8 Å². The van der Waals surface area contributed by atoms with E-state index in [2.05, 4.69) is 5.32 Å². The minimum atomic E-state index is -0.986. The number of amides is 1. The standard InChI is InChI=1S/C15H20FNO3/c1-9-5-10(7-11(16)6-9)14(20)17-12(8-13(18)19)15(2,3)4/h5-7,12H,8H2,1-4H3,(H,17,20)(H,18,19). The second-order valence-electron chi connectivity index (χ2n) is 6.01. The Hall–Kier alpha value is -1.91. The molecule has 0 aromatic heterocycles. The van der Waals surface area contributed by atoms with Crippen LogP contribution in [0.4, 0.5) is 4.39 Å². The number of benzene rings is 1. The van der Waals surface area contributed by atoms with Crippen molar-refractivity contribution in [3.8, 4) is 0 Å². The maximum absolute atomic E-state index is 13.3. The molecule has 0 heterocycles. The lowest BCUT2D eigenvalue weighted by atomic mass is 9.84. The Morgan fingerprint density at radius 1 is 1.30 bits per heavy atom. The van der Waals surface area contributed by atoms with E-state index < -0.39 is 29.2 Å². The molecule has 0 aliphatic rings. The van der Waals surface area contributed by atoms with Crippen LogP contribution in [0.25, 0.3) is 0 Å². The van der Waals surface area contributed by atoms with Gasteiger partial charge < -0.3 is 10.4 Å². The van der Waals surface area contributed by atoms with Gasteiger partial charge in [-0.25, -0.2) is 4.39 Å². The molecule has 110 valence electrons. The van der Waals surface area contributed by atoms with Crippen LogP contribution in [-0.4, -0.2) is 23.0 Å². The van der Waals surface area contributed by atoms with Crippen LogP contribution >= 0.6 is 0 Å². The van der Waals surface area contributed by atoms with Crippen molar-refractivity contribution < 1.29 is 19.1 Å². The third-order valence-corrected chi connectivity index (χ3v) is 3.03. The number of carbonyl (C=O) groups is 2. The fraction of sp³-hybridized carbons (Fsp3) is 0.467. The van der Waals surface area contributed by atoms with Gasteiger partial charge in [0.2, 0.25) is 0 Å². The maximum atomic E-state index is 13.3. The summed E-state index contributed by atoms with van der Waals surface area (Å²) in [5.41, 5.74) is 0.430. The number of carboxylic acid groups (broad SMARTS) is 1. The van der Waals surface area contributed by atoms with Gasteiger partial charge in [-0.15, -0.1) is 0 Å². The zero-order valence-corrected chi connectivity index (χ0v) is 12.2. The van der Waals surface area contributed by atoms with Crippen LogP contribution in [0.15, 0.2) is 18.2 Å². The smallest absolute Gasteiger partial charge is 0.305 e. The molecule has 1 aromatic carbocycles. The van der Waals surface area contributed by atoms with Gasteiger partial charge in [0.05, 0.1) is 6.42 Å². The summed E-state index contributed by atoms with van der Waals surface area (Å²) in [5, 5.41) is 11.6. The number of hydrogen-bond donors (Lipinski definition) is 2. The first kappa shape index (κ1) is 16.1. The number of carboxylic acids is 1. The highest BCUT2D eigenvalue weighted by molar-refractivity contribution is 5.94. The summed E-state index contributed by atoms with van der Waals surface area (Å²) >= 11 is 0. The van der Waals surface area contributed by atoms with E-state index >= 15 is 0 Å². The molecule has 0 radical (unpaired) electrons. The molecule has 2 N–H and O–H groups in total. The van der Waals surface area contributed by atoms with E-state index in [4.69, 9.17) is 5.11 Å². The second-order valence-corrected chi connectivity index (χ2v) is 6.01. The predicted molar refractivity (Wildman–Crippen MR) is 74.1 cm³/mol. The average molecular weight is 281 g/mol. The first-order valence-electron chi connectivity index (χ1n) is 6.39. The van der Waals surface area contributed by atoms with Gasteiger partial charge in [-0.05, 0) is 36.1 Å². The number of aryl methyl sites for hydroxylation is 1. The molecule has 0 spiro atoms. The third-order valence-electron chi connectivity index (χ3n) is 3.03. The molecule has 0 bridgehead atoms. The number of rotatable bonds is 4. The van der Waals surface area contributed by atoms with Crippen molar-refractivity contribution in [1.29, 1.82) is 0 Å². The summed E-state index contributed by atoms with van der Waals surface area (Å²) in [6.07, 6.45) is -0.177. The lowest BCUT2D eigenvalue weighted by Gasteiger charge is -2.30. The van der Waals surface area contributed by atoms with Crippen molar-refractivity contribution in [1.82, 2.24) is 5.32 Å². The minimum absolute atomic E-state index is 0.177. The fourth-order valence-corrected chi connectivity index (χ4v) is 1.86. The van der Waals surface area contributed by atoms with Gasteiger partial charge in [-0.2, -0.15) is 0 Å². The van der Waals surface area contributed by atoms with Gasteiger partial charge in [0, 0.05) is 11.6 Å². The number of hydrogen-bond acceptors (Lipinski definition) is 2. The molecule has 1 atom stereocenters. The van der Waals surface area contributed by atoms with E-state index in [1.807, 2.05) is 20.8 Å². The first-order chi connectivity index (χ1) is 9.09. The average Bonchev–Trinajstić information content (AvgIpc) is 2.24. The summed E-state index contributed by atoms with van der Waals surface area (Å²) in [6.45, 7) is 7.23. The minimum Gasteiger partial charge on any atom is -0.481 e. The SMILES string of the molecule is Cc1cc(F)cc(C(=O)NC(CC(=O)O)C(C)(C)C)c1. The molecule has 0 aliphatic carbocycles. The van der Waals surface area contributed by atoms with Crippen molar-refractivity contribution in [2.24, 2.45) is 5.41 Å². The van der Waals surface area contributed by atoms with Crippen molar-refractivity contribution in [3.63, 3.8) is 0 Å². The Labute approximate surface area is 118 Å². The molecule has 1 amide bonds. The third kappa shape index (κ3) is 4.64. The normalized spacial score (nSPS) is 12.8. The van der Waals surface area contributed by atoms with Gasteiger partial charge in [0.15, 0.2) is 0 Å². The van der Waals surface area contributed by atoms with Crippen molar-refractivity contribution in [2.75, 3.05) is 0 Å². The van der Waals surface area contributed by atoms with Gasteiger partial charge in [0.1, 0.15) is 5.82 Å². The summed E-state index contributed by atoms with van der Waals surface area (Å²) in [5.74, 6) is -1.94. The molecule has 0 aliphatic heterocycles. The zero-order valence-electron chi connectivity index (χ0n) is 12.2. The Balaban J connectivity index is 2.93. The molecule has 0 saturated heterocycles. The van der Waals surface area contributed by atoms with E-state index in [0.29, 0.717) is 5.56 Å². The van der Waals surface area contributed by atoms with Crippen LogP contribution in [0.3, 0.4) is 0 Å². The van der Waals surface area contributed by atoms with E-state index in [1.165, 1.54) is 6.07 Å². The largest absolute Gasteiger partial charge is 0.481 e. The van der Waals surface area contributed by atoms with E-state index in [-0.39, 0.29) is 12.0 Å². The number of nitrogens with one attached hydrogen (secondary N) is 1. The summed E-state index contributed by atoms with van der Waals surface area (Å²) < 4.78 is 13.3. The van der Waals surface area contributed by atoms with Crippen molar-refractivity contribution in [3.05, 3.63) is 35.1 Å². The lowest BCUT2D eigenvalue weighted by Crippen LogP contribution is -2.45. The van der Waals surface area contributed by atoms with Crippen LogP contribution in [0.1, 0.15) is 43.1 Å². The van der Waals surface area contributed by atoms with Crippen LogP contribution in [0.5, 0.6) is 0 Å². The summed E-state index contributed by atoms with van der Waals surface area (Å²) in [4.78, 5) is 23.0. The van der Waals surface area contributed by atoms with E-state index in [9.17, 15) is 14.0 Å². The highest BCUT2D eigenvalue weighted by Crippen LogP contribution is 2.22. The molecule has 4 nitrogen and oxygen atoms in total. The summed E-state index contributed by atoms with van der Waals surface area (Å²) in [7, 11) is 0. The van der Waals surface area contributed by atoms with E-state index in [0.717, 1.165) is 6.07 Å². The fourth-order valence-electron chi connectivity index (χ4n) is 1.86. The molecule has 0 saturated carbocycles. The molecule has 0 fully saturated rings. The second kappa shape index (κ2) is 6.03. The topological polar surface area (TPSA) is 66.4 Å². The van der Waals surface area contributed by atoms with Crippen LogP contribution in [0.2, 0.25) is 0 Å². The maximum Gasteiger partial charge on any atom is 0.305 e. The molecular formula is C15H20FNO3. The van der Waals surface area contributed by atoms with Gasteiger partial charge in [0.25, 0.3) is 5.91 Å². The van der Waals surface area contributed by atoms with Gasteiger partial charge in [-0.3, -0.25) is 9.59 Å². The quantitative estimate of drug-likeness (QED) is 0.891. The highest BCUT2D eigenvalue weighted by Gasteiger charge is 2.28.